The number of halogens is 4. The molecule has 0 aliphatic heterocycles. The molecule has 0 bridgehead atoms. The van der Waals surface area contributed by atoms with Crippen molar-refractivity contribution >= 4 is 27.0 Å². The number of nitrogens with two attached hydrogens (primary N) is 1. The van der Waals surface area contributed by atoms with Gasteiger partial charge in [0, 0.05) is 23.5 Å². The van der Waals surface area contributed by atoms with E-state index in [1.807, 2.05) is 0 Å². The van der Waals surface area contributed by atoms with Gasteiger partial charge in [0.2, 0.25) is 11.8 Å². The molecule has 204 valence electrons. The third-order valence-electron chi connectivity index (χ3n) is 5.42. The lowest BCUT2D eigenvalue weighted by Gasteiger charge is -2.21. The Kier molecular flexibility index (Phi) is 9.12. The van der Waals surface area contributed by atoms with Gasteiger partial charge < -0.3 is 30.6 Å². The average Bonchev–Trinajstić information content (AvgIpc) is 2.77. The van der Waals surface area contributed by atoms with Crippen LogP contribution in [0, 0.1) is 5.92 Å². The van der Waals surface area contributed by atoms with E-state index in [0.717, 1.165) is 36.4 Å². The number of hydrogen-bond acceptors (Lipinski definition) is 4. The summed E-state index contributed by atoms with van der Waals surface area (Å²) in [6.45, 7) is 1.46. The molecule has 37 heavy (non-hydrogen) atoms. The van der Waals surface area contributed by atoms with Crippen LogP contribution in [0.2, 0.25) is 0 Å². The number of nitrogens with one attached hydrogen (secondary N) is 1. The van der Waals surface area contributed by atoms with Crippen LogP contribution in [-0.2, 0) is 42.9 Å². The number of rotatable bonds is 11. The lowest BCUT2D eigenvalue weighted by molar-refractivity contribution is -0.129. The third-order valence-corrected chi connectivity index (χ3v) is 7.40. The van der Waals surface area contributed by atoms with Gasteiger partial charge in [0.05, 0.1) is 0 Å². The highest BCUT2D eigenvalue weighted by molar-refractivity contribution is 7.52. The van der Waals surface area contributed by atoms with E-state index in [-0.39, 0.29) is 18.4 Å². The highest BCUT2D eigenvalue weighted by atomic mass is 31.2. The van der Waals surface area contributed by atoms with Gasteiger partial charge >= 0.3 is 26.5 Å². The molecule has 0 fully saturated rings. The molecule has 2 atom stereocenters. The van der Waals surface area contributed by atoms with Crippen LogP contribution in [0.4, 0.5) is 17.6 Å². The molecule has 0 radical (unpaired) electrons. The number of carbonyl (C=O) groups excluding carboxylic acids is 2. The largest absolute Gasteiger partial charge is 0.399 e. The van der Waals surface area contributed by atoms with E-state index < -0.39 is 61.4 Å². The minimum Gasteiger partial charge on any atom is -0.368 e. The number of benzene rings is 2. The standard InChI is InChI=1S/C21H24F4N2O8P2/c1-12(10-13-2-6-15(7-3-13)20(22,23)36(30,31)32)19(29)27-17(18(26)28)11-14-4-8-16(9-5-14)21(24,25)37(33,34)35/h2-9,12,17H,10-11H2,1H3,(H2,26,28)(H,27,29)(H2,30,31,32)(H2,33,34,35). The number of primary amides is 1. The van der Waals surface area contributed by atoms with Gasteiger partial charge in [-0.15, -0.1) is 0 Å². The molecule has 0 spiro atoms. The van der Waals surface area contributed by atoms with E-state index in [0.29, 0.717) is 5.56 Å². The summed E-state index contributed by atoms with van der Waals surface area (Å²) in [6.07, 6.45) is -0.215. The molecule has 0 aliphatic carbocycles. The second-order valence-electron chi connectivity index (χ2n) is 8.34. The van der Waals surface area contributed by atoms with Gasteiger partial charge in [0.25, 0.3) is 0 Å². The molecule has 2 aromatic rings. The van der Waals surface area contributed by atoms with E-state index >= 15 is 0 Å². The van der Waals surface area contributed by atoms with Gasteiger partial charge in [0.15, 0.2) is 0 Å². The minimum atomic E-state index is -5.76. The highest BCUT2D eigenvalue weighted by Gasteiger charge is 2.51. The van der Waals surface area contributed by atoms with Crippen molar-refractivity contribution in [2.75, 3.05) is 0 Å². The van der Waals surface area contributed by atoms with Crippen molar-refractivity contribution in [3.8, 4) is 0 Å². The monoisotopic (exact) mass is 570 g/mol. The second-order valence-corrected chi connectivity index (χ2v) is 11.6. The highest BCUT2D eigenvalue weighted by Crippen LogP contribution is 2.60. The van der Waals surface area contributed by atoms with Crippen molar-refractivity contribution in [3.05, 3.63) is 70.8 Å². The van der Waals surface area contributed by atoms with Gasteiger partial charge in [-0.2, -0.15) is 17.6 Å². The van der Waals surface area contributed by atoms with Gasteiger partial charge in [-0.3, -0.25) is 18.7 Å². The Morgan fingerprint density at radius 2 is 1.16 bits per heavy atom. The predicted octanol–water partition coefficient (Wildman–Crippen LogP) is 2.53. The zero-order chi connectivity index (χ0) is 28.4. The lowest BCUT2D eigenvalue weighted by Crippen LogP contribution is -2.47. The normalized spacial score (nSPS) is 14.6. The van der Waals surface area contributed by atoms with Gasteiger partial charge in [-0.25, -0.2) is 0 Å². The molecular formula is C21H24F4N2O8P2. The summed E-state index contributed by atoms with van der Waals surface area (Å²) in [5.41, 5.74) is -4.69. The molecule has 2 amide bonds. The van der Waals surface area contributed by atoms with Crippen molar-refractivity contribution in [1.29, 1.82) is 0 Å². The van der Waals surface area contributed by atoms with Gasteiger partial charge in [0.1, 0.15) is 6.04 Å². The van der Waals surface area contributed by atoms with Crippen molar-refractivity contribution in [3.63, 3.8) is 0 Å². The molecule has 0 aliphatic rings. The Morgan fingerprint density at radius 3 is 1.49 bits per heavy atom. The number of carbonyl (C=O) groups is 2. The Morgan fingerprint density at radius 1 is 0.811 bits per heavy atom. The van der Waals surface area contributed by atoms with Crippen LogP contribution in [0.3, 0.4) is 0 Å². The second kappa shape index (κ2) is 11.0. The summed E-state index contributed by atoms with van der Waals surface area (Å²) >= 11 is 0. The fraction of sp³-hybridized carbons (Fsp3) is 0.333. The SMILES string of the molecule is CC(Cc1ccc(C(F)(F)P(=O)(O)O)cc1)C(=O)NC(Cc1ccc(C(F)(F)P(=O)(O)O)cc1)C(N)=O. The smallest absolute Gasteiger partial charge is 0.368 e. The van der Waals surface area contributed by atoms with E-state index in [4.69, 9.17) is 25.3 Å². The van der Waals surface area contributed by atoms with Gasteiger partial charge in [-0.1, -0.05) is 55.5 Å². The summed E-state index contributed by atoms with van der Waals surface area (Å²) in [5, 5.41) is 2.40. The zero-order valence-electron chi connectivity index (χ0n) is 19.1. The van der Waals surface area contributed by atoms with Crippen LogP contribution in [0.1, 0.15) is 29.2 Å². The van der Waals surface area contributed by atoms with Crippen LogP contribution in [0.25, 0.3) is 0 Å². The van der Waals surface area contributed by atoms with Crippen molar-refractivity contribution in [2.45, 2.75) is 37.1 Å². The summed E-state index contributed by atoms with van der Waals surface area (Å²) in [5.74, 6) is -2.41. The molecule has 0 saturated heterocycles. The number of alkyl halides is 4. The fourth-order valence-corrected chi connectivity index (χ4v) is 4.21. The minimum absolute atomic E-state index is 0.00519. The maximum Gasteiger partial charge on any atom is 0.399 e. The van der Waals surface area contributed by atoms with Crippen LogP contribution in [0.5, 0.6) is 0 Å². The van der Waals surface area contributed by atoms with E-state index in [9.17, 15) is 36.3 Å². The topological polar surface area (TPSA) is 187 Å². The summed E-state index contributed by atoms with van der Waals surface area (Å²) in [7, 11) is -11.5. The summed E-state index contributed by atoms with van der Waals surface area (Å²) in [6, 6.07) is 6.46. The van der Waals surface area contributed by atoms with E-state index in [1.54, 1.807) is 0 Å². The molecule has 0 aromatic heterocycles. The van der Waals surface area contributed by atoms with Crippen LogP contribution < -0.4 is 11.1 Å². The maximum atomic E-state index is 13.8. The first-order chi connectivity index (χ1) is 16.8. The molecule has 10 nitrogen and oxygen atoms in total. The van der Waals surface area contributed by atoms with Crippen LogP contribution in [-0.4, -0.2) is 37.4 Å². The molecule has 2 rings (SSSR count). The van der Waals surface area contributed by atoms with E-state index in [1.165, 1.54) is 19.1 Å². The first-order valence-corrected chi connectivity index (χ1v) is 13.6. The van der Waals surface area contributed by atoms with Crippen molar-refractivity contribution in [1.82, 2.24) is 5.32 Å². The number of amides is 2. The molecule has 2 aromatic carbocycles. The van der Waals surface area contributed by atoms with Gasteiger partial charge in [-0.05, 0) is 17.5 Å². The summed E-state index contributed by atoms with van der Waals surface area (Å²) in [4.78, 5) is 59.7. The Labute approximate surface area is 208 Å². The molecular weight excluding hydrogens is 546 g/mol. The molecule has 16 heteroatoms. The zero-order valence-corrected chi connectivity index (χ0v) is 20.9. The Hall–Kier alpha value is -2.60. The quantitative estimate of drug-likeness (QED) is 0.176. The third kappa shape index (κ3) is 7.25. The fourth-order valence-electron chi connectivity index (χ4n) is 3.24. The van der Waals surface area contributed by atoms with E-state index in [2.05, 4.69) is 5.32 Å². The summed E-state index contributed by atoms with van der Waals surface area (Å²) < 4.78 is 77.1. The molecule has 7 N–H and O–H groups in total. The lowest BCUT2D eigenvalue weighted by atomic mass is 9.98. The van der Waals surface area contributed by atoms with Crippen LogP contribution >= 0.6 is 15.2 Å². The predicted molar refractivity (Wildman–Crippen MR) is 122 cm³/mol. The Balaban J connectivity index is 2.07. The first-order valence-electron chi connectivity index (χ1n) is 10.4. The number of hydrogen-bond donors (Lipinski definition) is 6. The molecule has 0 heterocycles. The Bertz CT molecular complexity index is 1230. The molecule has 0 saturated carbocycles. The first kappa shape index (κ1) is 30.6. The molecule has 2 unspecified atom stereocenters. The maximum absolute atomic E-state index is 13.8. The van der Waals surface area contributed by atoms with Crippen LogP contribution in [0.15, 0.2) is 48.5 Å². The average molecular weight is 570 g/mol. The van der Waals surface area contributed by atoms with Crippen molar-refractivity contribution < 1.29 is 55.9 Å². The van der Waals surface area contributed by atoms with Crippen molar-refractivity contribution in [2.24, 2.45) is 11.7 Å².